The molecule has 0 spiro atoms. The summed E-state index contributed by atoms with van der Waals surface area (Å²) >= 11 is 11.7. The van der Waals surface area contributed by atoms with Crippen LogP contribution in [-0.4, -0.2) is 42.5 Å². The highest BCUT2D eigenvalue weighted by Crippen LogP contribution is 2.21. The van der Waals surface area contributed by atoms with E-state index >= 15 is 0 Å². The quantitative estimate of drug-likeness (QED) is 0.739. The maximum absolute atomic E-state index is 12.5. The van der Waals surface area contributed by atoms with E-state index in [1.165, 1.54) is 18.2 Å². The summed E-state index contributed by atoms with van der Waals surface area (Å²) in [7, 11) is -4.18. The van der Waals surface area contributed by atoms with Crippen LogP contribution in [0.1, 0.15) is 13.8 Å². The van der Waals surface area contributed by atoms with Crippen molar-refractivity contribution < 1.29 is 13.2 Å². The van der Waals surface area contributed by atoms with Gasteiger partial charge in [0.25, 0.3) is 10.0 Å². The van der Waals surface area contributed by atoms with Crippen molar-refractivity contribution in [2.24, 2.45) is 0 Å². The molecule has 0 aliphatic carbocycles. The molecule has 140 valence electrons. The molecule has 0 aliphatic rings. The first-order valence-electron chi connectivity index (χ1n) is 7.52. The Morgan fingerprint density at radius 3 is 2.46 bits per heavy atom. The molecule has 1 aromatic carbocycles. The minimum Gasteiger partial charge on any atom is -0.354 e. The average Bonchev–Trinajstić information content (AvgIpc) is 2.55. The normalized spacial score (nSPS) is 11.1. The van der Waals surface area contributed by atoms with Crippen molar-refractivity contribution in [3.63, 3.8) is 0 Å². The second kappa shape index (κ2) is 8.47. The summed E-state index contributed by atoms with van der Waals surface area (Å²) in [5.41, 5.74) is 0. The average molecular weight is 419 g/mol. The fourth-order valence-corrected chi connectivity index (χ4v) is 3.59. The number of carbonyl (C=O) groups is 1. The topological polar surface area (TPSA) is 117 Å². The van der Waals surface area contributed by atoms with Gasteiger partial charge >= 0.3 is 6.03 Å². The molecule has 9 nitrogen and oxygen atoms in total. The van der Waals surface area contributed by atoms with Crippen molar-refractivity contribution in [3.8, 4) is 0 Å². The van der Waals surface area contributed by atoms with E-state index in [1.807, 2.05) is 11.6 Å². The van der Waals surface area contributed by atoms with Gasteiger partial charge in [0, 0.05) is 13.1 Å². The van der Waals surface area contributed by atoms with E-state index in [-0.39, 0.29) is 33.6 Å². The molecule has 1 heterocycles. The van der Waals surface area contributed by atoms with Crippen LogP contribution in [0, 0.1) is 0 Å². The highest BCUT2D eigenvalue weighted by Gasteiger charge is 2.26. The smallest absolute Gasteiger partial charge is 0.338 e. The van der Waals surface area contributed by atoms with Crippen LogP contribution < -0.4 is 14.9 Å². The second-order valence-electron chi connectivity index (χ2n) is 4.84. The number of nitrogens with one attached hydrogen (secondary N) is 2. The van der Waals surface area contributed by atoms with Crippen molar-refractivity contribution in [1.82, 2.24) is 19.7 Å². The van der Waals surface area contributed by atoms with Crippen LogP contribution in [-0.2, 0) is 10.0 Å². The van der Waals surface area contributed by atoms with E-state index < -0.39 is 16.1 Å². The molecule has 0 fully saturated rings. The Labute approximate surface area is 160 Å². The Kier molecular flexibility index (Phi) is 6.57. The predicted octanol–water partition coefficient (Wildman–Crippen LogP) is 2.54. The van der Waals surface area contributed by atoms with Crippen LogP contribution in [0.5, 0.6) is 0 Å². The minimum atomic E-state index is -4.18. The van der Waals surface area contributed by atoms with E-state index in [2.05, 4.69) is 20.3 Å². The molecule has 2 amide bonds. The summed E-state index contributed by atoms with van der Waals surface area (Å²) in [5.74, 6) is 0.0815. The van der Waals surface area contributed by atoms with Gasteiger partial charge in [-0.25, -0.2) is 17.9 Å². The molecule has 0 saturated heterocycles. The molecule has 0 atom stereocenters. The number of urea groups is 1. The number of benzene rings is 1. The van der Waals surface area contributed by atoms with Gasteiger partial charge in [0.2, 0.25) is 17.2 Å². The van der Waals surface area contributed by atoms with E-state index in [4.69, 9.17) is 23.2 Å². The zero-order valence-corrected chi connectivity index (χ0v) is 16.2. The van der Waals surface area contributed by atoms with Crippen LogP contribution in [0.3, 0.4) is 0 Å². The SMILES string of the molecule is CCNc1nc(Cl)nc(N(CC)C(=O)NS(=O)(=O)c2ccccc2Cl)n1. The molecular weight excluding hydrogens is 403 g/mol. The Bertz CT molecular complexity index is 909. The lowest BCUT2D eigenvalue weighted by Crippen LogP contribution is -2.43. The Hall–Kier alpha value is -2.17. The lowest BCUT2D eigenvalue weighted by molar-refractivity contribution is 0.251. The lowest BCUT2D eigenvalue weighted by Gasteiger charge is -2.20. The van der Waals surface area contributed by atoms with Gasteiger partial charge in [-0.2, -0.15) is 15.0 Å². The summed E-state index contributed by atoms with van der Waals surface area (Å²) in [5, 5.41) is 2.71. The number of anilines is 2. The molecule has 0 saturated carbocycles. The number of halogens is 2. The fraction of sp³-hybridized carbons (Fsp3) is 0.286. The van der Waals surface area contributed by atoms with Crippen molar-refractivity contribution >= 4 is 51.2 Å². The number of aromatic nitrogens is 3. The van der Waals surface area contributed by atoms with Crippen molar-refractivity contribution in [2.75, 3.05) is 23.3 Å². The molecule has 12 heteroatoms. The van der Waals surface area contributed by atoms with Gasteiger partial charge in [-0.1, -0.05) is 23.7 Å². The zero-order valence-electron chi connectivity index (χ0n) is 13.9. The predicted molar refractivity (Wildman–Crippen MR) is 99.2 cm³/mol. The molecule has 0 radical (unpaired) electrons. The third-order valence-corrected chi connectivity index (χ3v) is 5.07. The summed E-state index contributed by atoms with van der Waals surface area (Å²) in [4.78, 5) is 25.1. The largest absolute Gasteiger partial charge is 0.354 e. The third-order valence-electron chi connectivity index (χ3n) is 3.08. The first-order chi connectivity index (χ1) is 12.3. The molecular formula is C14H16Cl2N6O3S. The number of hydrogen-bond donors (Lipinski definition) is 2. The molecule has 2 aromatic rings. The van der Waals surface area contributed by atoms with Gasteiger partial charge in [-0.3, -0.25) is 4.90 Å². The molecule has 26 heavy (non-hydrogen) atoms. The maximum Gasteiger partial charge on any atom is 0.338 e. The van der Waals surface area contributed by atoms with E-state index in [0.717, 1.165) is 4.90 Å². The Morgan fingerprint density at radius 1 is 1.15 bits per heavy atom. The van der Waals surface area contributed by atoms with Crippen molar-refractivity contribution in [1.29, 1.82) is 0 Å². The number of nitrogens with zero attached hydrogens (tertiary/aromatic N) is 4. The number of carbonyl (C=O) groups excluding carboxylic acids is 1. The van der Waals surface area contributed by atoms with Gasteiger partial charge < -0.3 is 5.32 Å². The summed E-state index contributed by atoms with van der Waals surface area (Å²) in [6, 6.07) is 4.83. The van der Waals surface area contributed by atoms with Crippen LogP contribution >= 0.6 is 23.2 Å². The van der Waals surface area contributed by atoms with E-state index in [9.17, 15) is 13.2 Å². The highest BCUT2D eigenvalue weighted by atomic mass is 35.5. The minimum absolute atomic E-state index is 0.00603. The van der Waals surface area contributed by atoms with Crippen molar-refractivity contribution in [3.05, 3.63) is 34.6 Å². The summed E-state index contributed by atoms with van der Waals surface area (Å²) < 4.78 is 26.8. The standard InChI is InChI=1S/C14H16Cl2N6O3S/c1-3-17-12-18-11(16)19-13(20-12)22(4-2)14(23)21-26(24,25)10-8-6-5-7-9(10)15/h5-8H,3-4H2,1-2H3,(H,21,23)(H,17,18,19,20). The van der Waals surface area contributed by atoms with Crippen LogP contribution in [0.15, 0.2) is 29.2 Å². The highest BCUT2D eigenvalue weighted by molar-refractivity contribution is 7.90. The molecule has 2 rings (SSSR count). The maximum atomic E-state index is 12.5. The monoisotopic (exact) mass is 418 g/mol. The van der Waals surface area contributed by atoms with Crippen LogP contribution in [0.4, 0.5) is 16.7 Å². The number of amides is 2. The first kappa shape index (κ1) is 20.1. The molecule has 0 bridgehead atoms. The van der Waals surface area contributed by atoms with Crippen LogP contribution in [0.25, 0.3) is 0 Å². The Morgan fingerprint density at radius 2 is 1.85 bits per heavy atom. The van der Waals surface area contributed by atoms with E-state index in [0.29, 0.717) is 6.54 Å². The van der Waals surface area contributed by atoms with Gasteiger partial charge in [-0.05, 0) is 37.6 Å². The fourth-order valence-electron chi connectivity index (χ4n) is 1.96. The third kappa shape index (κ3) is 4.71. The molecule has 0 unspecified atom stereocenters. The number of hydrogen-bond acceptors (Lipinski definition) is 7. The zero-order chi connectivity index (χ0) is 19.3. The second-order valence-corrected chi connectivity index (χ2v) is 7.24. The van der Waals surface area contributed by atoms with Gasteiger partial charge in [0.1, 0.15) is 4.90 Å². The number of sulfonamides is 1. The summed E-state index contributed by atoms with van der Waals surface area (Å²) in [6.07, 6.45) is 0. The van der Waals surface area contributed by atoms with Gasteiger partial charge in [0.05, 0.1) is 5.02 Å². The molecule has 2 N–H and O–H groups in total. The van der Waals surface area contributed by atoms with Crippen LogP contribution in [0.2, 0.25) is 10.3 Å². The first-order valence-corrected chi connectivity index (χ1v) is 9.76. The van der Waals surface area contributed by atoms with Gasteiger partial charge in [-0.15, -0.1) is 0 Å². The lowest BCUT2D eigenvalue weighted by atomic mass is 10.4. The van der Waals surface area contributed by atoms with Gasteiger partial charge in [0.15, 0.2) is 0 Å². The van der Waals surface area contributed by atoms with Crippen molar-refractivity contribution in [2.45, 2.75) is 18.7 Å². The molecule has 0 aliphatic heterocycles. The Balaban J connectivity index is 2.31. The number of rotatable bonds is 6. The molecule has 1 aromatic heterocycles. The summed E-state index contributed by atoms with van der Waals surface area (Å²) in [6.45, 7) is 4.08. The van der Waals surface area contributed by atoms with E-state index in [1.54, 1.807) is 13.0 Å².